The number of thiazole rings is 1. The van der Waals surface area contributed by atoms with Gasteiger partial charge in [-0.25, -0.2) is 4.98 Å². The van der Waals surface area contributed by atoms with Crippen LogP contribution in [0.4, 0.5) is 24.5 Å². The van der Waals surface area contributed by atoms with Crippen LogP contribution in [0.25, 0.3) is 0 Å². The second kappa shape index (κ2) is 7.71. The molecular formula is C17H18F3N3O3S. The predicted octanol–water partition coefficient (Wildman–Crippen LogP) is 4.85. The highest BCUT2D eigenvalue weighted by molar-refractivity contribution is 7.09. The molecule has 146 valence electrons. The summed E-state index contributed by atoms with van der Waals surface area (Å²) in [5.41, 5.74) is -0.209. The van der Waals surface area contributed by atoms with Crippen molar-refractivity contribution in [2.45, 2.75) is 31.9 Å². The van der Waals surface area contributed by atoms with Gasteiger partial charge in [0.2, 0.25) is 0 Å². The molecule has 1 atom stereocenters. The topological polar surface area (TPSA) is 68.5 Å². The molecule has 1 aromatic heterocycles. The number of alkyl halides is 3. The van der Waals surface area contributed by atoms with Gasteiger partial charge in [0.05, 0.1) is 16.5 Å². The first kappa shape index (κ1) is 19.4. The fourth-order valence-electron chi connectivity index (χ4n) is 3.14. The van der Waals surface area contributed by atoms with Crippen LogP contribution in [0.5, 0.6) is 5.75 Å². The number of anilines is 1. The zero-order valence-corrected chi connectivity index (χ0v) is 15.3. The molecule has 0 aliphatic carbocycles. The van der Waals surface area contributed by atoms with Gasteiger partial charge in [-0.2, -0.15) is 13.2 Å². The van der Waals surface area contributed by atoms with Crippen LogP contribution >= 0.6 is 11.3 Å². The van der Waals surface area contributed by atoms with Gasteiger partial charge in [-0.05, 0) is 25.8 Å². The average Bonchev–Trinajstić information content (AvgIpc) is 3.12. The van der Waals surface area contributed by atoms with E-state index in [0.29, 0.717) is 18.2 Å². The lowest BCUT2D eigenvalue weighted by Gasteiger charge is -2.33. The Balaban J connectivity index is 1.81. The summed E-state index contributed by atoms with van der Waals surface area (Å²) in [5.74, 6) is 0.0846. The molecule has 2 aromatic rings. The lowest BCUT2D eigenvalue weighted by molar-refractivity contribution is -0.385. The third-order valence-corrected chi connectivity index (χ3v) is 5.40. The highest BCUT2D eigenvalue weighted by Crippen LogP contribution is 2.37. The molecule has 10 heteroatoms. The van der Waals surface area contributed by atoms with Crippen LogP contribution in [-0.4, -0.2) is 29.6 Å². The van der Waals surface area contributed by atoms with Crippen molar-refractivity contribution in [3.63, 3.8) is 0 Å². The predicted molar refractivity (Wildman–Crippen MR) is 95.6 cm³/mol. The summed E-state index contributed by atoms with van der Waals surface area (Å²) >= 11 is 1.03. The molecule has 0 N–H and O–H groups in total. The molecule has 0 bridgehead atoms. The molecule has 1 aliphatic rings. The van der Waals surface area contributed by atoms with Crippen LogP contribution in [-0.2, 0) is 6.18 Å². The minimum atomic E-state index is -4.44. The molecule has 27 heavy (non-hydrogen) atoms. The average molecular weight is 401 g/mol. The number of nitrogens with zero attached hydrogens (tertiary/aromatic N) is 3. The molecule has 6 nitrogen and oxygen atoms in total. The second-order valence-electron chi connectivity index (χ2n) is 6.20. The van der Waals surface area contributed by atoms with Crippen molar-refractivity contribution in [3.8, 4) is 5.75 Å². The number of hydrogen-bond donors (Lipinski definition) is 0. The van der Waals surface area contributed by atoms with Gasteiger partial charge in [0.15, 0.2) is 11.4 Å². The summed E-state index contributed by atoms with van der Waals surface area (Å²) in [6.07, 6.45) is -2.88. The highest BCUT2D eigenvalue weighted by Gasteiger charge is 2.35. The second-order valence-corrected chi connectivity index (χ2v) is 7.09. The summed E-state index contributed by atoms with van der Waals surface area (Å²) in [6.45, 7) is 3.27. The summed E-state index contributed by atoms with van der Waals surface area (Å²) in [6, 6.07) is 4.66. The number of rotatable bonds is 5. The van der Waals surface area contributed by atoms with Crippen molar-refractivity contribution in [1.82, 2.24) is 4.98 Å². The first-order valence-electron chi connectivity index (χ1n) is 8.48. The summed E-state index contributed by atoms with van der Waals surface area (Å²) in [7, 11) is 0. The number of hydrogen-bond acceptors (Lipinski definition) is 6. The first-order chi connectivity index (χ1) is 12.8. The maximum absolute atomic E-state index is 12.8. The van der Waals surface area contributed by atoms with E-state index < -0.39 is 16.8 Å². The van der Waals surface area contributed by atoms with Gasteiger partial charge in [0.1, 0.15) is 0 Å². The zero-order valence-electron chi connectivity index (χ0n) is 14.5. The molecule has 0 amide bonds. The molecule has 0 radical (unpaired) electrons. The fraction of sp³-hybridized carbons (Fsp3) is 0.471. The number of nitro benzene ring substituents is 1. The lowest BCUT2D eigenvalue weighted by atomic mass is 9.98. The number of ether oxygens (including phenoxy) is 1. The molecule has 1 aromatic carbocycles. The van der Waals surface area contributed by atoms with Crippen molar-refractivity contribution in [1.29, 1.82) is 0 Å². The van der Waals surface area contributed by atoms with Crippen LogP contribution in [0.15, 0.2) is 23.6 Å². The van der Waals surface area contributed by atoms with E-state index in [1.807, 2.05) is 4.90 Å². The normalized spacial score (nSPS) is 17.8. The Labute approximate surface area is 157 Å². The SMILES string of the molecule is CCOc1cc(N2CCCC(c3nc(C(F)(F)F)cs3)C2)ccc1[N+](=O)[O-]. The molecule has 0 saturated carbocycles. The van der Waals surface area contributed by atoms with E-state index in [1.165, 1.54) is 6.07 Å². The fourth-order valence-corrected chi connectivity index (χ4v) is 4.09. The number of piperidine rings is 1. The lowest BCUT2D eigenvalue weighted by Crippen LogP contribution is -2.34. The Bertz CT molecular complexity index is 825. The molecule has 1 unspecified atom stereocenters. The van der Waals surface area contributed by atoms with Crippen molar-refractivity contribution in [3.05, 3.63) is 44.4 Å². The Morgan fingerprint density at radius 2 is 2.22 bits per heavy atom. The maximum Gasteiger partial charge on any atom is 0.434 e. The highest BCUT2D eigenvalue weighted by atomic mass is 32.1. The van der Waals surface area contributed by atoms with Gasteiger partial charge >= 0.3 is 11.9 Å². The van der Waals surface area contributed by atoms with E-state index in [-0.39, 0.29) is 17.4 Å². The van der Waals surface area contributed by atoms with Gasteiger partial charge in [-0.1, -0.05) is 0 Å². The summed E-state index contributed by atoms with van der Waals surface area (Å²) in [5, 5.41) is 12.6. The number of nitro groups is 1. The minimum absolute atomic E-state index is 0.106. The quantitative estimate of drug-likeness (QED) is 0.529. The van der Waals surface area contributed by atoms with Crippen LogP contribution in [0.3, 0.4) is 0 Å². The van der Waals surface area contributed by atoms with Crippen LogP contribution in [0.2, 0.25) is 0 Å². The third-order valence-electron chi connectivity index (χ3n) is 4.39. The van der Waals surface area contributed by atoms with E-state index in [9.17, 15) is 23.3 Å². The summed E-state index contributed by atoms with van der Waals surface area (Å²) < 4.78 is 43.8. The first-order valence-corrected chi connectivity index (χ1v) is 9.36. The Morgan fingerprint density at radius 1 is 1.44 bits per heavy atom. The third kappa shape index (κ3) is 4.32. The minimum Gasteiger partial charge on any atom is -0.487 e. The zero-order chi connectivity index (χ0) is 19.6. The van der Waals surface area contributed by atoms with E-state index in [0.717, 1.165) is 41.8 Å². The van der Waals surface area contributed by atoms with Crippen molar-refractivity contribution in [2.75, 3.05) is 24.6 Å². The van der Waals surface area contributed by atoms with Crippen molar-refractivity contribution >= 4 is 22.7 Å². The molecular weight excluding hydrogens is 383 g/mol. The van der Waals surface area contributed by atoms with Crippen molar-refractivity contribution in [2.24, 2.45) is 0 Å². The largest absolute Gasteiger partial charge is 0.487 e. The Morgan fingerprint density at radius 3 is 2.85 bits per heavy atom. The molecule has 3 rings (SSSR count). The van der Waals surface area contributed by atoms with E-state index in [1.54, 1.807) is 19.1 Å². The molecule has 0 spiro atoms. The number of benzene rings is 1. The van der Waals surface area contributed by atoms with E-state index in [4.69, 9.17) is 4.74 Å². The maximum atomic E-state index is 12.8. The van der Waals surface area contributed by atoms with Gasteiger partial charge in [0.25, 0.3) is 0 Å². The molecule has 2 heterocycles. The summed E-state index contributed by atoms with van der Waals surface area (Å²) in [4.78, 5) is 16.4. The van der Waals surface area contributed by atoms with Gasteiger partial charge in [-0.3, -0.25) is 10.1 Å². The van der Waals surface area contributed by atoms with E-state index >= 15 is 0 Å². The molecule has 1 fully saturated rings. The standard InChI is InChI=1S/C17H18F3N3O3S/c1-2-26-14-8-12(5-6-13(14)23(24)25)22-7-3-4-11(9-22)16-21-15(10-27-16)17(18,19)20/h5-6,8,10-11H,2-4,7,9H2,1H3. The number of halogens is 3. The molecule has 1 saturated heterocycles. The Kier molecular flexibility index (Phi) is 5.54. The van der Waals surface area contributed by atoms with Crippen LogP contribution in [0, 0.1) is 10.1 Å². The molecule has 1 aliphatic heterocycles. The Hall–Kier alpha value is -2.36. The number of aromatic nitrogens is 1. The van der Waals surface area contributed by atoms with Crippen LogP contribution in [0.1, 0.15) is 36.4 Å². The van der Waals surface area contributed by atoms with Crippen LogP contribution < -0.4 is 9.64 Å². The van der Waals surface area contributed by atoms with E-state index in [2.05, 4.69) is 4.98 Å². The smallest absolute Gasteiger partial charge is 0.434 e. The van der Waals surface area contributed by atoms with Crippen molar-refractivity contribution < 1.29 is 22.8 Å². The van der Waals surface area contributed by atoms with Gasteiger partial charge < -0.3 is 9.64 Å². The van der Waals surface area contributed by atoms with Gasteiger partial charge in [-0.15, -0.1) is 11.3 Å². The monoisotopic (exact) mass is 401 g/mol. The van der Waals surface area contributed by atoms with Gasteiger partial charge in [0, 0.05) is 42.2 Å².